The maximum absolute atomic E-state index is 10.3. The summed E-state index contributed by atoms with van der Waals surface area (Å²) in [4.78, 5) is 12.7. The standard InChI is InChI=1S/C10H13ClO2S/c1-2-7-3-5-9(14-7)8(11)4-6-10(12)13/h3,5,8H,2,4,6H2,1H3,(H,12,13). The van der Waals surface area contributed by atoms with Crippen LogP contribution < -0.4 is 0 Å². The van der Waals surface area contributed by atoms with Crippen molar-refractivity contribution in [2.24, 2.45) is 0 Å². The summed E-state index contributed by atoms with van der Waals surface area (Å²) >= 11 is 7.74. The van der Waals surface area contributed by atoms with E-state index in [9.17, 15) is 4.79 Å². The van der Waals surface area contributed by atoms with Gasteiger partial charge in [-0.3, -0.25) is 4.79 Å². The number of hydrogen-bond acceptors (Lipinski definition) is 2. The van der Waals surface area contributed by atoms with Gasteiger partial charge < -0.3 is 5.11 Å². The summed E-state index contributed by atoms with van der Waals surface area (Å²) < 4.78 is 0. The largest absolute Gasteiger partial charge is 0.481 e. The lowest BCUT2D eigenvalue weighted by atomic mass is 10.2. The van der Waals surface area contributed by atoms with Gasteiger partial charge in [0.25, 0.3) is 0 Å². The Kier molecular flexibility index (Phi) is 4.42. The number of carboxylic acids is 1. The molecule has 0 fully saturated rings. The van der Waals surface area contributed by atoms with Crippen molar-refractivity contribution in [1.29, 1.82) is 0 Å². The highest BCUT2D eigenvalue weighted by molar-refractivity contribution is 7.12. The highest BCUT2D eigenvalue weighted by Gasteiger charge is 2.12. The summed E-state index contributed by atoms with van der Waals surface area (Å²) in [5.74, 6) is -0.789. The molecule has 1 N–H and O–H groups in total. The first kappa shape index (κ1) is 11.5. The summed E-state index contributed by atoms with van der Waals surface area (Å²) in [6.07, 6.45) is 1.64. The van der Waals surface area contributed by atoms with E-state index in [-0.39, 0.29) is 11.8 Å². The van der Waals surface area contributed by atoms with Crippen molar-refractivity contribution in [3.05, 3.63) is 21.9 Å². The normalized spacial score (nSPS) is 12.7. The van der Waals surface area contributed by atoms with Gasteiger partial charge in [0.05, 0.1) is 5.38 Å². The fraction of sp³-hybridized carbons (Fsp3) is 0.500. The number of aryl methyl sites for hydroxylation is 1. The summed E-state index contributed by atoms with van der Waals surface area (Å²) in [6, 6.07) is 4.04. The third-order valence-electron chi connectivity index (χ3n) is 1.95. The van der Waals surface area contributed by atoms with Crippen molar-refractivity contribution < 1.29 is 9.90 Å². The minimum Gasteiger partial charge on any atom is -0.481 e. The highest BCUT2D eigenvalue weighted by atomic mass is 35.5. The molecular formula is C10H13ClO2S. The molecule has 1 atom stereocenters. The summed E-state index contributed by atoms with van der Waals surface area (Å²) in [6.45, 7) is 2.09. The molecule has 0 aliphatic carbocycles. The second-order valence-electron chi connectivity index (χ2n) is 3.06. The number of carboxylic acid groups (broad SMARTS) is 1. The Hall–Kier alpha value is -0.540. The van der Waals surface area contributed by atoms with Gasteiger partial charge in [0.15, 0.2) is 0 Å². The molecule has 4 heteroatoms. The molecule has 1 aromatic rings. The Morgan fingerprint density at radius 2 is 2.36 bits per heavy atom. The number of aliphatic carboxylic acids is 1. The summed E-state index contributed by atoms with van der Waals surface area (Å²) in [5.41, 5.74) is 0. The summed E-state index contributed by atoms with van der Waals surface area (Å²) in [5, 5.41) is 8.35. The van der Waals surface area contributed by atoms with Crippen molar-refractivity contribution in [2.45, 2.75) is 31.6 Å². The Balaban J connectivity index is 2.51. The number of carbonyl (C=O) groups is 1. The Bertz CT molecular complexity index is 309. The van der Waals surface area contributed by atoms with Crippen LogP contribution in [0, 0.1) is 0 Å². The average molecular weight is 233 g/mol. The average Bonchev–Trinajstić information content (AvgIpc) is 2.62. The second-order valence-corrected chi connectivity index (χ2v) is 4.78. The van der Waals surface area contributed by atoms with Crippen LogP contribution in [0.1, 0.15) is 34.9 Å². The lowest BCUT2D eigenvalue weighted by Crippen LogP contribution is -1.96. The van der Waals surface area contributed by atoms with E-state index in [1.54, 1.807) is 11.3 Å². The van der Waals surface area contributed by atoms with Crippen LogP contribution in [-0.4, -0.2) is 11.1 Å². The number of rotatable bonds is 5. The molecule has 2 nitrogen and oxygen atoms in total. The molecule has 0 amide bonds. The lowest BCUT2D eigenvalue weighted by molar-refractivity contribution is -0.137. The minimum atomic E-state index is -0.789. The van der Waals surface area contributed by atoms with E-state index in [1.807, 2.05) is 6.07 Å². The molecule has 0 saturated carbocycles. The van der Waals surface area contributed by atoms with Crippen LogP contribution in [0.5, 0.6) is 0 Å². The topological polar surface area (TPSA) is 37.3 Å². The minimum absolute atomic E-state index is 0.132. The van der Waals surface area contributed by atoms with Crippen molar-refractivity contribution in [2.75, 3.05) is 0 Å². The quantitative estimate of drug-likeness (QED) is 0.790. The molecule has 14 heavy (non-hydrogen) atoms. The Morgan fingerprint density at radius 3 is 2.86 bits per heavy atom. The molecule has 1 rings (SSSR count). The van der Waals surface area contributed by atoms with Crippen LogP contribution in [0.25, 0.3) is 0 Å². The van der Waals surface area contributed by atoms with Crippen LogP contribution >= 0.6 is 22.9 Å². The van der Waals surface area contributed by atoms with Gasteiger partial charge in [0, 0.05) is 16.2 Å². The molecule has 78 valence electrons. The third-order valence-corrected chi connectivity index (χ3v) is 3.88. The molecule has 0 spiro atoms. The predicted molar refractivity (Wildman–Crippen MR) is 59.2 cm³/mol. The fourth-order valence-electron chi connectivity index (χ4n) is 1.15. The first-order chi connectivity index (χ1) is 6.63. The molecule has 0 aromatic carbocycles. The summed E-state index contributed by atoms with van der Waals surface area (Å²) in [7, 11) is 0. The number of alkyl halides is 1. The molecule has 1 heterocycles. The molecule has 1 aromatic heterocycles. The number of thiophene rings is 1. The fourth-order valence-corrected chi connectivity index (χ4v) is 2.43. The van der Waals surface area contributed by atoms with Crippen molar-refractivity contribution >= 4 is 28.9 Å². The SMILES string of the molecule is CCc1ccc(C(Cl)CCC(=O)O)s1. The van der Waals surface area contributed by atoms with Gasteiger partial charge in [-0.25, -0.2) is 0 Å². The van der Waals surface area contributed by atoms with Crippen molar-refractivity contribution in [3.8, 4) is 0 Å². The van der Waals surface area contributed by atoms with Gasteiger partial charge >= 0.3 is 5.97 Å². The van der Waals surface area contributed by atoms with Gasteiger partial charge in [0.2, 0.25) is 0 Å². The van der Waals surface area contributed by atoms with E-state index in [2.05, 4.69) is 13.0 Å². The highest BCUT2D eigenvalue weighted by Crippen LogP contribution is 2.31. The second kappa shape index (κ2) is 5.37. The van der Waals surface area contributed by atoms with Crippen molar-refractivity contribution in [3.63, 3.8) is 0 Å². The predicted octanol–water partition coefficient (Wildman–Crippen LogP) is 3.46. The maximum Gasteiger partial charge on any atom is 0.303 e. The van der Waals surface area contributed by atoms with Crippen LogP contribution in [-0.2, 0) is 11.2 Å². The smallest absolute Gasteiger partial charge is 0.303 e. The first-order valence-corrected chi connectivity index (χ1v) is 5.83. The molecule has 0 aliphatic rings. The number of halogens is 1. The van der Waals surface area contributed by atoms with Crippen LogP contribution in [0.4, 0.5) is 0 Å². The van der Waals surface area contributed by atoms with E-state index in [4.69, 9.17) is 16.7 Å². The molecule has 0 bridgehead atoms. The van der Waals surface area contributed by atoms with E-state index in [1.165, 1.54) is 4.88 Å². The molecule has 0 saturated heterocycles. The Morgan fingerprint density at radius 1 is 1.64 bits per heavy atom. The van der Waals surface area contributed by atoms with Gasteiger partial charge in [-0.05, 0) is 25.0 Å². The van der Waals surface area contributed by atoms with Crippen LogP contribution in [0.3, 0.4) is 0 Å². The van der Waals surface area contributed by atoms with Crippen LogP contribution in [0.15, 0.2) is 12.1 Å². The van der Waals surface area contributed by atoms with E-state index >= 15 is 0 Å². The van der Waals surface area contributed by atoms with Crippen LogP contribution in [0.2, 0.25) is 0 Å². The third kappa shape index (κ3) is 3.31. The molecular weight excluding hydrogens is 220 g/mol. The zero-order valence-electron chi connectivity index (χ0n) is 8.00. The molecule has 0 radical (unpaired) electrons. The van der Waals surface area contributed by atoms with E-state index < -0.39 is 5.97 Å². The zero-order chi connectivity index (χ0) is 10.6. The number of hydrogen-bond donors (Lipinski definition) is 1. The van der Waals surface area contributed by atoms with Gasteiger partial charge in [0.1, 0.15) is 0 Å². The van der Waals surface area contributed by atoms with Gasteiger partial charge in [-0.15, -0.1) is 22.9 Å². The zero-order valence-corrected chi connectivity index (χ0v) is 9.57. The maximum atomic E-state index is 10.3. The monoisotopic (exact) mass is 232 g/mol. The van der Waals surface area contributed by atoms with E-state index in [0.717, 1.165) is 11.3 Å². The molecule has 0 aliphatic heterocycles. The Labute approximate surface area is 92.5 Å². The van der Waals surface area contributed by atoms with Crippen molar-refractivity contribution in [1.82, 2.24) is 0 Å². The van der Waals surface area contributed by atoms with E-state index in [0.29, 0.717) is 6.42 Å². The van der Waals surface area contributed by atoms with Gasteiger partial charge in [-0.1, -0.05) is 6.92 Å². The lowest BCUT2D eigenvalue weighted by Gasteiger charge is -2.03. The van der Waals surface area contributed by atoms with Gasteiger partial charge in [-0.2, -0.15) is 0 Å². The molecule has 1 unspecified atom stereocenters. The first-order valence-electron chi connectivity index (χ1n) is 4.58.